The number of amides is 1. The fourth-order valence-electron chi connectivity index (χ4n) is 3.01. The average Bonchev–Trinajstić information content (AvgIpc) is 3.11. The number of carbonyl (C=O) groups is 1. The van der Waals surface area contributed by atoms with Crippen molar-refractivity contribution in [2.45, 2.75) is 18.1 Å². The fraction of sp³-hybridized carbons (Fsp3) is 0.278. The van der Waals surface area contributed by atoms with Crippen LogP contribution in [-0.4, -0.2) is 32.7 Å². The van der Waals surface area contributed by atoms with Crippen LogP contribution in [0, 0.1) is 0 Å². The summed E-state index contributed by atoms with van der Waals surface area (Å²) in [5.41, 5.74) is 1.84. The van der Waals surface area contributed by atoms with Gasteiger partial charge in [0.25, 0.3) is 5.56 Å². The topological polar surface area (TPSA) is 55.2 Å². The van der Waals surface area contributed by atoms with Crippen molar-refractivity contribution >= 4 is 39.9 Å². The van der Waals surface area contributed by atoms with Gasteiger partial charge in [-0.05, 0) is 35.6 Å². The Bertz CT molecular complexity index is 1010. The Balaban J connectivity index is 1.50. The molecule has 0 bridgehead atoms. The summed E-state index contributed by atoms with van der Waals surface area (Å²) in [4.78, 5) is 32.8. The van der Waals surface area contributed by atoms with Gasteiger partial charge in [0.15, 0.2) is 5.16 Å². The molecule has 0 N–H and O–H groups in total. The lowest BCUT2D eigenvalue weighted by molar-refractivity contribution is -0.129. The summed E-state index contributed by atoms with van der Waals surface area (Å²) < 4.78 is 1.52. The summed E-state index contributed by atoms with van der Waals surface area (Å²) in [6.07, 6.45) is 0.927. The van der Waals surface area contributed by atoms with E-state index in [1.807, 2.05) is 23.1 Å². The number of para-hydroxylation sites is 1. The quantitative estimate of drug-likeness (QED) is 0.525. The first-order chi connectivity index (χ1) is 12.1. The van der Waals surface area contributed by atoms with Gasteiger partial charge in [-0.2, -0.15) is 0 Å². The minimum absolute atomic E-state index is 0.0820. The second-order valence-electron chi connectivity index (χ2n) is 6.00. The lowest BCUT2D eigenvalue weighted by Crippen LogP contribution is -2.36. The molecular formula is C18H17N3O2S2. The van der Waals surface area contributed by atoms with E-state index in [2.05, 4.69) is 16.4 Å². The van der Waals surface area contributed by atoms with E-state index in [-0.39, 0.29) is 17.2 Å². The number of hydrogen-bond acceptors (Lipinski definition) is 5. The van der Waals surface area contributed by atoms with Crippen molar-refractivity contribution in [2.75, 3.05) is 12.3 Å². The number of carbonyl (C=O) groups excluding carboxylic acids is 1. The van der Waals surface area contributed by atoms with Crippen molar-refractivity contribution in [3.8, 4) is 0 Å². The summed E-state index contributed by atoms with van der Waals surface area (Å²) in [5.74, 6) is 0.377. The molecule has 0 radical (unpaired) electrons. The highest BCUT2D eigenvalue weighted by Gasteiger charge is 2.22. The van der Waals surface area contributed by atoms with Gasteiger partial charge < -0.3 is 4.90 Å². The van der Waals surface area contributed by atoms with Crippen LogP contribution in [0.3, 0.4) is 0 Å². The van der Waals surface area contributed by atoms with Gasteiger partial charge >= 0.3 is 0 Å². The molecule has 5 nitrogen and oxygen atoms in total. The van der Waals surface area contributed by atoms with Gasteiger partial charge in [0, 0.05) is 25.0 Å². The van der Waals surface area contributed by atoms with E-state index in [4.69, 9.17) is 0 Å². The highest BCUT2D eigenvalue weighted by atomic mass is 32.2. The molecular weight excluding hydrogens is 354 g/mol. The molecule has 3 heterocycles. The summed E-state index contributed by atoms with van der Waals surface area (Å²) in [6, 6.07) is 9.39. The maximum atomic E-state index is 12.6. The van der Waals surface area contributed by atoms with Gasteiger partial charge in [0.2, 0.25) is 5.91 Å². The molecule has 128 valence electrons. The van der Waals surface area contributed by atoms with E-state index < -0.39 is 0 Å². The van der Waals surface area contributed by atoms with Gasteiger partial charge in [-0.1, -0.05) is 23.9 Å². The Morgan fingerprint density at radius 3 is 3.04 bits per heavy atom. The molecule has 1 aliphatic rings. The van der Waals surface area contributed by atoms with E-state index in [9.17, 15) is 9.59 Å². The van der Waals surface area contributed by atoms with E-state index >= 15 is 0 Å². The Labute approximate surface area is 153 Å². The van der Waals surface area contributed by atoms with Crippen molar-refractivity contribution in [3.63, 3.8) is 0 Å². The monoisotopic (exact) mass is 371 g/mol. The number of aromatic nitrogens is 2. The molecule has 2 aromatic heterocycles. The molecule has 7 heteroatoms. The number of nitrogens with zero attached hydrogens (tertiary/aromatic N) is 3. The van der Waals surface area contributed by atoms with E-state index in [0.717, 1.165) is 13.0 Å². The van der Waals surface area contributed by atoms with Gasteiger partial charge in [0.1, 0.15) is 0 Å². The zero-order chi connectivity index (χ0) is 17.4. The van der Waals surface area contributed by atoms with Crippen LogP contribution >= 0.6 is 23.1 Å². The molecule has 0 aliphatic carbocycles. The van der Waals surface area contributed by atoms with Crippen molar-refractivity contribution in [1.29, 1.82) is 0 Å². The summed E-state index contributed by atoms with van der Waals surface area (Å²) in [5, 5.41) is 3.26. The highest BCUT2D eigenvalue weighted by molar-refractivity contribution is 7.99. The Hall–Kier alpha value is -2.12. The molecule has 0 saturated carbocycles. The van der Waals surface area contributed by atoms with Crippen molar-refractivity contribution in [2.24, 2.45) is 7.05 Å². The first kappa shape index (κ1) is 16.4. The van der Waals surface area contributed by atoms with Gasteiger partial charge in [-0.25, -0.2) is 4.98 Å². The van der Waals surface area contributed by atoms with Crippen molar-refractivity contribution in [3.05, 3.63) is 56.5 Å². The van der Waals surface area contributed by atoms with Crippen LogP contribution in [0.2, 0.25) is 0 Å². The van der Waals surface area contributed by atoms with Crippen LogP contribution in [0.4, 0.5) is 0 Å². The van der Waals surface area contributed by atoms with E-state index in [1.54, 1.807) is 24.5 Å². The molecule has 3 aromatic rings. The zero-order valence-corrected chi connectivity index (χ0v) is 15.4. The molecule has 0 saturated heterocycles. The maximum Gasteiger partial charge on any atom is 0.261 e. The van der Waals surface area contributed by atoms with Crippen molar-refractivity contribution in [1.82, 2.24) is 14.5 Å². The third-order valence-electron chi connectivity index (χ3n) is 4.43. The number of benzene rings is 1. The van der Waals surface area contributed by atoms with Crippen LogP contribution in [0.15, 0.2) is 45.7 Å². The minimum atomic E-state index is -0.0820. The fourth-order valence-corrected chi connectivity index (χ4v) is 4.77. The minimum Gasteiger partial charge on any atom is -0.337 e. The van der Waals surface area contributed by atoms with Crippen LogP contribution < -0.4 is 5.56 Å². The SMILES string of the molecule is Cn1c(SCC(=O)N2CCc3sccc3C2)nc2ccccc2c1=O. The average molecular weight is 371 g/mol. The number of hydrogen-bond donors (Lipinski definition) is 0. The van der Waals surface area contributed by atoms with Crippen molar-refractivity contribution < 1.29 is 4.79 Å². The summed E-state index contributed by atoms with van der Waals surface area (Å²) in [7, 11) is 1.70. The summed E-state index contributed by atoms with van der Waals surface area (Å²) in [6.45, 7) is 1.44. The second-order valence-corrected chi connectivity index (χ2v) is 7.94. The maximum absolute atomic E-state index is 12.6. The number of fused-ring (bicyclic) bond motifs is 2. The lowest BCUT2D eigenvalue weighted by Gasteiger charge is -2.26. The zero-order valence-electron chi connectivity index (χ0n) is 13.8. The Morgan fingerprint density at radius 1 is 1.32 bits per heavy atom. The van der Waals surface area contributed by atoms with Crippen LogP contribution in [-0.2, 0) is 24.8 Å². The largest absolute Gasteiger partial charge is 0.337 e. The molecule has 1 amide bonds. The normalized spacial score (nSPS) is 13.9. The Kier molecular flexibility index (Phi) is 4.35. The summed E-state index contributed by atoms with van der Waals surface area (Å²) >= 11 is 3.09. The van der Waals surface area contributed by atoms with Crippen LogP contribution in [0.25, 0.3) is 10.9 Å². The molecule has 1 aliphatic heterocycles. The highest BCUT2D eigenvalue weighted by Crippen LogP contribution is 2.25. The molecule has 0 atom stereocenters. The van der Waals surface area contributed by atoms with Gasteiger partial charge in [0.05, 0.1) is 16.7 Å². The third-order valence-corrected chi connectivity index (χ3v) is 6.46. The Morgan fingerprint density at radius 2 is 2.16 bits per heavy atom. The molecule has 0 fully saturated rings. The smallest absolute Gasteiger partial charge is 0.261 e. The van der Waals surface area contributed by atoms with Gasteiger partial charge in [-0.3, -0.25) is 14.2 Å². The predicted octanol–water partition coefficient (Wildman–Crippen LogP) is 2.67. The van der Waals surface area contributed by atoms with Gasteiger partial charge in [-0.15, -0.1) is 11.3 Å². The lowest BCUT2D eigenvalue weighted by atomic mass is 10.1. The van der Waals surface area contributed by atoms with Crippen LogP contribution in [0.5, 0.6) is 0 Å². The molecule has 4 rings (SSSR count). The predicted molar refractivity (Wildman–Crippen MR) is 101 cm³/mol. The second kappa shape index (κ2) is 6.65. The van der Waals surface area contributed by atoms with E-state index in [0.29, 0.717) is 22.6 Å². The number of thioether (sulfide) groups is 1. The third kappa shape index (κ3) is 3.09. The first-order valence-electron chi connectivity index (χ1n) is 8.05. The van der Waals surface area contributed by atoms with E-state index in [1.165, 1.54) is 26.8 Å². The molecule has 0 spiro atoms. The molecule has 25 heavy (non-hydrogen) atoms. The standard InChI is InChI=1S/C18H17N3O2S2/c1-20-17(23)13-4-2-3-5-14(13)19-18(20)25-11-16(22)21-8-6-15-12(10-21)7-9-24-15/h2-5,7,9H,6,8,10-11H2,1H3. The van der Waals surface area contributed by atoms with Crippen LogP contribution in [0.1, 0.15) is 10.4 Å². The molecule has 0 unspecified atom stereocenters. The number of thiophene rings is 1. The molecule has 1 aromatic carbocycles. The first-order valence-corrected chi connectivity index (χ1v) is 9.91. The number of rotatable bonds is 3.